The van der Waals surface area contributed by atoms with Crippen molar-refractivity contribution < 1.29 is 9.90 Å². The van der Waals surface area contributed by atoms with Crippen LogP contribution in [0.4, 0.5) is 0 Å². The van der Waals surface area contributed by atoms with Gasteiger partial charge in [0.1, 0.15) is 6.04 Å². The molecule has 1 heterocycles. The van der Waals surface area contributed by atoms with E-state index in [4.69, 9.17) is 10.8 Å². The minimum absolute atomic E-state index is 0.546. The number of hydrogen-bond donors (Lipinski definition) is 2. The molecule has 3 N–H and O–H groups in total. The summed E-state index contributed by atoms with van der Waals surface area (Å²) in [4.78, 5) is 13.0. The Hall–Kier alpha value is -0.610. The summed E-state index contributed by atoms with van der Waals surface area (Å²) in [5, 5.41) is 8.70. The summed E-state index contributed by atoms with van der Waals surface area (Å²) in [7, 11) is 0. The molecule has 1 aliphatic rings. The van der Waals surface area contributed by atoms with Crippen molar-refractivity contribution in [2.75, 3.05) is 6.54 Å². The van der Waals surface area contributed by atoms with Crippen LogP contribution in [0.1, 0.15) is 39.5 Å². The van der Waals surface area contributed by atoms with Crippen LogP contribution in [-0.4, -0.2) is 40.6 Å². The monoisotopic (exact) mass is 214 g/mol. The molecule has 0 spiro atoms. The molecule has 3 atom stereocenters. The largest absolute Gasteiger partial charge is 0.480 e. The number of nitrogens with zero attached hydrogens (tertiary/aromatic N) is 1. The third-order valence-corrected chi connectivity index (χ3v) is 3.39. The molecule has 0 aliphatic carbocycles. The number of carboxylic acid groups (broad SMARTS) is 1. The topological polar surface area (TPSA) is 66.6 Å². The average Bonchev–Trinajstić information content (AvgIpc) is 2.16. The predicted molar refractivity (Wildman–Crippen MR) is 59.7 cm³/mol. The predicted octanol–water partition coefficient (Wildman–Crippen LogP) is 1.05. The summed E-state index contributed by atoms with van der Waals surface area (Å²) in [6.45, 7) is 5.22. The van der Waals surface area contributed by atoms with Gasteiger partial charge in [-0.05, 0) is 33.1 Å². The fraction of sp³-hybridized carbons (Fsp3) is 0.909. The molecule has 0 saturated carbocycles. The van der Waals surface area contributed by atoms with Crippen molar-refractivity contribution >= 4 is 5.97 Å². The highest BCUT2D eigenvalue weighted by Crippen LogP contribution is 2.22. The van der Waals surface area contributed by atoms with E-state index in [1.807, 2.05) is 0 Å². The molecule has 4 heteroatoms. The van der Waals surface area contributed by atoms with Crippen molar-refractivity contribution in [1.29, 1.82) is 0 Å². The lowest BCUT2D eigenvalue weighted by Gasteiger charge is -2.39. The third-order valence-electron chi connectivity index (χ3n) is 3.39. The van der Waals surface area contributed by atoms with Gasteiger partial charge in [-0.15, -0.1) is 0 Å². The van der Waals surface area contributed by atoms with E-state index in [1.54, 1.807) is 0 Å². The quantitative estimate of drug-likeness (QED) is 0.734. The summed E-state index contributed by atoms with van der Waals surface area (Å²) in [6.07, 6.45) is 4.26. The second kappa shape index (κ2) is 5.47. The molecule has 0 aromatic carbocycles. The first-order chi connectivity index (χ1) is 7.02. The molecule has 1 saturated heterocycles. The molecule has 1 fully saturated rings. The molecule has 0 radical (unpaired) electrons. The van der Waals surface area contributed by atoms with Gasteiger partial charge in [0.25, 0.3) is 0 Å². The van der Waals surface area contributed by atoms with Gasteiger partial charge >= 0.3 is 5.97 Å². The molecular formula is C11H22N2O2. The number of likely N-dealkylation sites (tertiary alicyclic amines) is 1. The number of carboxylic acids is 1. The van der Waals surface area contributed by atoms with Crippen LogP contribution in [-0.2, 0) is 4.79 Å². The van der Waals surface area contributed by atoms with Gasteiger partial charge in [0.05, 0.1) is 0 Å². The highest BCUT2D eigenvalue weighted by atomic mass is 16.4. The smallest absolute Gasteiger partial charge is 0.320 e. The van der Waals surface area contributed by atoms with E-state index in [0.717, 1.165) is 6.54 Å². The Bertz CT molecular complexity index is 211. The number of aliphatic carboxylic acids is 1. The van der Waals surface area contributed by atoms with E-state index in [1.165, 1.54) is 19.3 Å². The fourth-order valence-corrected chi connectivity index (χ4v) is 2.33. The molecule has 88 valence electrons. The summed E-state index contributed by atoms with van der Waals surface area (Å²) >= 11 is 0. The van der Waals surface area contributed by atoms with Gasteiger partial charge in [-0.1, -0.05) is 6.42 Å². The first-order valence-electron chi connectivity index (χ1n) is 5.76. The molecule has 0 amide bonds. The van der Waals surface area contributed by atoms with E-state index < -0.39 is 12.0 Å². The minimum Gasteiger partial charge on any atom is -0.480 e. The molecule has 0 aromatic heterocycles. The van der Waals surface area contributed by atoms with Crippen LogP contribution in [0.5, 0.6) is 0 Å². The lowest BCUT2D eigenvalue weighted by molar-refractivity contribution is -0.138. The maximum Gasteiger partial charge on any atom is 0.320 e. The van der Waals surface area contributed by atoms with Crippen molar-refractivity contribution in [3.8, 4) is 0 Å². The summed E-state index contributed by atoms with van der Waals surface area (Å²) in [6, 6.07) is 0.413. The summed E-state index contributed by atoms with van der Waals surface area (Å²) < 4.78 is 0. The van der Waals surface area contributed by atoms with E-state index in [0.29, 0.717) is 18.5 Å². The molecule has 1 aliphatic heterocycles. The van der Waals surface area contributed by atoms with Gasteiger partial charge in [0.2, 0.25) is 0 Å². The normalized spacial score (nSPS) is 30.1. The number of rotatable bonds is 4. The lowest BCUT2D eigenvalue weighted by Crippen LogP contribution is -2.46. The van der Waals surface area contributed by atoms with Gasteiger partial charge < -0.3 is 10.8 Å². The van der Waals surface area contributed by atoms with Crippen LogP contribution >= 0.6 is 0 Å². The Balaban J connectivity index is 2.38. The van der Waals surface area contributed by atoms with Gasteiger partial charge in [-0.3, -0.25) is 9.69 Å². The second-order valence-corrected chi connectivity index (χ2v) is 4.60. The first-order valence-corrected chi connectivity index (χ1v) is 5.76. The van der Waals surface area contributed by atoms with E-state index >= 15 is 0 Å². The van der Waals surface area contributed by atoms with Gasteiger partial charge in [-0.2, -0.15) is 0 Å². The number of hydrogen-bond acceptors (Lipinski definition) is 3. The Labute approximate surface area is 91.4 Å². The molecule has 15 heavy (non-hydrogen) atoms. The van der Waals surface area contributed by atoms with Crippen LogP contribution in [0.3, 0.4) is 0 Å². The molecular weight excluding hydrogens is 192 g/mol. The summed E-state index contributed by atoms with van der Waals surface area (Å²) in [5.74, 6) is -0.896. The third kappa shape index (κ3) is 3.47. The standard InChI is InChI=1S/C11H22N2O2/c1-8-4-3-5-9(2)13(8)7-6-10(12)11(14)15/h8-10H,3-7,12H2,1-2H3,(H,14,15). The number of piperidine rings is 1. The van der Waals surface area contributed by atoms with Crippen molar-refractivity contribution in [2.45, 2.75) is 57.7 Å². The van der Waals surface area contributed by atoms with Crippen molar-refractivity contribution in [2.24, 2.45) is 5.73 Å². The molecule has 1 rings (SSSR count). The highest BCUT2D eigenvalue weighted by Gasteiger charge is 2.25. The molecule has 4 nitrogen and oxygen atoms in total. The number of carbonyl (C=O) groups is 1. The SMILES string of the molecule is CC1CCCC(C)N1CCC(N)C(=O)O. The maximum absolute atomic E-state index is 10.6. The molecule has 0 bridgehead atoms. The first kappa shape index (κ1) is 12.5. The van der Waals surface area contributed by atoms with Crippen molar-refractivity contribution in [3.63, 3.8) is 0 Å². The Morgan fingerprint density at radius 3 is 2.47 bits per heavy atom. The van der Waals surface area contributed by atoms with Crippen LogP contribution in [0, 0.1) is 0 Å². The zero-order valence-electron chi connectivity index (χ0n) is 9.65. The van der Waals surface area contributed by atoms with Crippen LogP contribution in [0.25, 0.3) is 0 Å². The lowest BCUT2D eigenvalue weighted by atomic mass is 9.97. The second-order valence-electron chi connectivity index (χ2n) is 4.60. The van der Waals surface area contributed by atoms with Crippen LogP contribution in [0.15, 0.2) is 0 Å². The molecule has 0 aromatic rings. The van der Waals surface area contributed by atoms with Gasteiger partial charge in [-0.25, -0.2) is 0 Å². The maximum atomic E-state index is 10.6. The summed E-state index contributed by atoms with van der Waals surface area (Å²) in [5.41, 5.74) is 5.50. The number of nitrogens with two attached hydrogens (primary N) is 1. The van der Waals surface area contributed by atoms with Crippen molar-refractivity contribution in [1.82, 2.24) is 4.90 Å². The van der Waals surface area contributed by atoms with Crippen LogP contribution in [0.2, 0.25) is 0 Å². The fourth-order valence-electron chi connectivity index (χ4n) is 2.33. The van der Waals surface area contributed by atoms with Crippen LogP contribution < -0.4 is 5.73 Å². The molecule has 3 unspecified atom stereocenters. The van der Waals surface area contributed by atoms with Gasteiger partial charge in [0.15, 0.2) is 0 Å². The zero-order chi connectivity index (χ0) is 11.4. The van der Waals surface area contributed by atoms with Crippen molar-refractivity contribution in [3.05, 3.63) is 0 Å². The Morgan fingerprint density at radius 1 is 1.47 bits per heavy atom. The minimum atomic E-state index is -0.896. The Kier molecular flexibility index (Phi) is 4.54. The average molecular weight is 214 g/mol. The van der Waals surface area contributed by atoms with E-state index in [9.17, 15) is 4.79 Å². The van der Waals surface area contributed by atoms with Gasteiger partial charge in [0, 0.05) is 18.6 Å². The van der Waals surface area contributed by atoms with E-state index in [-0.39, 0.29) is 0 Å². The zero-order valence-corrected chi connectivity index (χ0v) is 9.65. The van der Waals surface area contributed by atoms with E-state index in [2.05, 4.69) is 18.7 Å². The highest BCUT2D eigenvalue weighted by molar-refractivity contribution is 5.72. The Morgan fingerprint density at radius 2 is 2.00 bits per heavy atom.